The summed E-state index contributed by atoms with van der Waals surface area (Å²) < 4.78 is 0. The minimum Gasteiger partial charge on any atom is -0.382 e. The highest BCUT2D eigenvalue weighted by Crippen LogP contribution is 2.26. The number of nitrogen functional groups attached to an aromatic ring is 1. The third-order valence-electron chi connectivity index (χ3n) is 2.78. The number of rotatable bonds is 4. The lowest BCUT2D eigenvalue weighted by Gasteiger charge is -2.26. The number of nitrogens with one attached hydrogen (secondary N) is 2. The Morgan fingerprint density at radius 1 is 1.56 bits per heavy atom. The molecule has 0 spiro atoms. The minimum absolute atomic E-state index is 0.00366. The molecule has 2 heterocycles. The molecule has 0 aliphatic carbocycles. The van der Waals surface area contributed by atoms with Gasteiger partial charge < -0.3 is 21.3 Å². The van der Waals surface area contributed by atoms with Crippen molar-refractivity contribution in [1.29, 1.82) is 0 Å². The van der Waals surface area contributed by atoms with Gasteiger partial charge in [0.1, 0.15) is 10.7 Å². The molecule has 1 aromatic heterocycles. The standard InChI is InChI=1S/C11H19N5OS/c1-2-3-14-11-15-9(12)8(18-11)10(17)16-6-4-13-5-7-16/h13H,2-7,12H2,1H3,(H,14,15). The van der Waals surface area contributed by atoms with E-state index in [1.807, 2.05) is 4.90 Å². The second-order valence-electron chi connectivity index (χ2n) is 4.20. The molecule has 1 amide bonds. The van der Waals surface area contributed by atoms with Crippen LogP contribution in [0.5, 0.6) is 0 Å². The molecule has 1 aliphatic heterocycles. The van der Waals surface area contributed by atoms with Gasteiger partial charge in [-0.15, -0.1) is 0 Å². The lowest BCUT2D eigenvalue weighted by molar-refractivity contribution is 0.0741. The SMILES string of the molecule is CCCNc1nc(N)c(C(=O)N2CCNCC2)s1. The Balaban J connectivity index is 2.06. The van der Waals surface area contributed by atoms with Gasteiger partial charge >= 0.3 is 0 Å². The first kappa shape index (κ1) is 13.1. The third-order valence-corrected chi connectivity index (χ3v) is 3.79. The predicted molar refractivity (Wildman–Crippen MR) is 74.1 cm³/mol. The fourth-order valence-electron chi connectivity index (χ4n) is 1.80. The summed E-state index contributed by atoms with van der Waals surface area (Å²) in [6, 6.07) is 0. The van der Waals surface area contributed by atoms with Crippen molar-refractivity contribution in [3.63, 3.8) is 0 Å². The zero-order chi connectivity index (χ0) is 13.0. The van der Waals surface area contributed by atoms with E-state index in [0.717, 1.165) is 44.3 Å². The Bertz CT molecular complexity index is 414. The Labute approximate surface area is 111 Å². The number of aromatic nitrogens is 1. The van der Waals surface area contributed by atoms with Crippen molar-refractivity contribution in [3.05, 3.63) is 4.88 Å². The van der Waals surface area contributed by atoms with E-state index < -0.39 is 0 Å². The van der Waals surface area contributed by atoms with Crippen LogP contribution in [-0.2, 0) is 0 Å². The molecule has 1 saturated heterocycles. The molecule has 0 aromatic carbocycles. The molecule has 100 valence electrons. The average Bonchev–Trinajstić information content (AvgIpc) is 2.78. The molecule has 0 saturated carbocycles. The third kappa shape index (κ3) is 2.91. The van der Waals surface area contributed by atoms with Gasteiger partial charge in [-0.3, -0.25) is 4.79 Å². The molecule has 4 N–H and O–H groups in total. The summed E-state index contributed by atoms with van der Waals surface area (Å²) in [5.74, 6) is 0.332. The molecule has 0 unspecified atom stereocenters. The summed E-state index contributed by atoms with van der Waals surface area (Å²) in [6.45, 7) is 6.06. The van der Waals surface area contributed by atoms with Crippen LogP contribution in [0.1, 0.15) is 23.0 Å². The van der Waals surface area contributed by atoms with Crippen LogP contribution in [0.2, 0.25) is 0 Å². The normalized spacial score (nSPS) is 15.7. The van der Waals surface area contributed by atoms with Gasteiger partial charge in [-0.2, -0.15) is 0 Å². The Hall–Kier alpha value is -1.34. The maximum atomic E-state index is 12.3. The fourth-order valence-corrected chi connectivity index (χ4v) is 2.68. The van der Waals surface area contributed by atoms with E-state index in [2.05, 4.69) is 22.5 Å². The topological polar surface area (TPSA) is 83.3 Å². The highest BCUT2D eigenvalue weighted by atomic mass is 32.1. The summed E-state index contributed by atoms with van der Waals surface area (Å²) in [5.41, 5.74) is 5.82. The zero-order valence-corrected chi connectivity index (χ0v) is 11.3. The molecule has 1 aromatic rings. The number of anilines is 2. The van der Waals surface area contributed by atoms with E-state index in [9.17, 15) is 4.79 Å². The molecule has 0 radical (unpaired) electrons. The van der Waals surface area contributed by atoms with Gasteiger partial charge in [0.25, 0.3) is 5.91 Å². The van der Waals surface area contributed by atoms with Crippen molar-refractivity contribution >= 4 is 28.2 Å². The van der Waals surface area contributed by atoms with Crippen LogP contribution in [0.4, 0.5) is 10.9 Å². The van der Waals surface area contributed by atoms with Gasteiger partial charge in [-0.05, 0) is 6.42 Å². The molecule has 6 nitrogen and oxygen atoms in total. The number of hydrogen-bond donors (Lipinski definition) is 3. The second-order valence-corrected chi connectivity index (χ2v) is 5.20. The number of carbonyl (C=O) groups is 1. The summed E-state index contributed by atoms with van der Waals surface area (Å²) in [7, 11) is 0. The second kappa shape index (κ2) is 6.01. The van der Waals surface area contributed by atoms with E-state index in [1.165, 1.54) is 11.3 Å². The lowest BCUT2D eigenvalue weighted by Crippen LogP contribution is -2.46. The maximum absolute atomic E-state index is 12.3. The number of amides is 1. The Kier molecular flexibility index (Phi) is 4.38. The molecule has 7 heteroatoms. The van der Waals surface area contributed by atoms with Gasteiger partial charge in [0.05, 0.1) is 0 Å². The molecule has 2 rings (SSSR count). The quantitative estimate of drug-likeness (QED) is 0.745. The summed E-state index contributed by atoms with van der Waals surface area (Å²) in [6.07, 6.45) is 1.01. The van der Waals surface area contributed by atoms with E-state index >= 15 is 0 Å². The van der Waals surface area contributed by atoms with Crippen LogP contribution in [0, 0.1) is 0 Å². The van der Waals surface area contributed by atoms with Gasteiger partial charge in [0.15, 0.2) is 5.13 Å². The van der Waals surface area contributed by atoms with Gasteiger partial charge in [0, 0.05) is 32.7 Å². The average molecular weight is 269 g/mol. The number of carbonyl (C=O) groups excluding carboxylic acids is 1. The molecule has 18 heavy (non-hydrogen) atoms. The molecule has 1 fully saturated rings. The van der Waals surface area contributed by atoms with Crippen LogP contribution in [0.25, 0.3) is 0 Å². The van der Waals surface area contributed by atoms with Crippen LogP contribution in [0.15, 0.2) is 0 Å². The zero-order valence-electron chi connectivity index (χ0n) is 10.5. The molecule has 1 aliphatic rings. The van der Waals surface area contributed by atoms with Crippen LogP contribution >= 0.6 is 11.3 Å². The largest absolute Gasteiger partial charge is 0.382 e. The van der Waals surface area contributed by atoms with E-state index in [-0.39, 0.29) is 5.91 Å². The van der Waals surface area contributed by atoms with Gasteiger partial charge in [-0.1, -0.05) is 18.3 Å². The minimum atomic E-state index is -0.00366. The summed E-state index contributed by atoms with van der Waals surface area (Å²) in [5, 5.41) is 7.11. The first-order valence-electron chi connectivity index (χ1n) is 6.22. The van der Waals surface area contributed by atoms with Crippen molar-refractivity contribution < 1.29 is 4.79 Å². The van der Waals surface area contributed by atoms with Gasteiger partial charge in [-0.25, -0.2) is 4.98 Å². The van der Waals surface area contributed by atoms with Crippen molar-refractivity contribution in [2.24, 2.45) is 0 Å². The van der Waals surface area contributed by atoms with E-state index in [1.54, 1.807) is 0 Å². The molecule has 0 atom stereocenters. The van der Waals surface area contributed by atoms with Crippen LogP contribution in [0.3, 0.4) is 0 Å². The fraction of sp³-hybridized carbons (Fsp3) is 0.636. The number of nitrogens with two attached hydrogens (primary N) is 1. The Morgan fingerprint density at radius 2 is 2.28 bits per heavy atom. The maximum Gasteiger partial charge on any atom is 0.267 e. The number of nitrogens with zero attached hydrogens (tertiary/aromatic N) is 2. The van der Waals surface area contributed by atoms with Crippen LogP contribution < -0.4 is 16.4 Å². The number of hydrogen-bond acceptors (Lipinski definition) is 6. The lowest BCUT2D eigenvalue weighted by atomic mass is 10.3. The van der Waals surface area contributed by atoms with Crippen molar-refractivity contribution in [2.45, 2.75) is 13.3 Å². The Morgan fingerprint density at radius 3 is 2.94 bits per heavy atom. The highest BCUT2D eigenvalue weighted by molar-refractivity contribution is 7.18. The molecular weight excluding hydrogens is 250 g/mol. The van der Waals surface area contributed by atoms with Crippen molar-refractivity contribution in [3.8, 4) is 0 Å². The number of piperazine rings is 1. The molecular formula is C11H19N5OS. The van der Waals surface area contributed by atoms with Crippen molar-refractivity contribution in [2.75, 3.05) is 43.8 Å². The smallest absolute Gasteiger partial charge is 0.267 e. The van der Waals surface area contributed by atoms with E-state index in [4.69, 9.17) is 5.73 Å². The van der Waals surface area contributed by atoms with Gasteiger partial charge in [0.2, 0.25) is 0 Å². The van der Waals surface area contributed by atoms with E-state index in [0.29, 0.717) is 10.7 Å². The predicted octanol–water partition coefficient (Wildman–Crippen LogP) is 0.593. The first-order valence-corrected chi connectivity index (χ1v) is 7.04. The molecule has 0 bridgehead atoms. The summed E-state index contributed by atoms with van der Waals surface area (Å²) in [4.78, 5) is 18.8. The highest BCUT2D eigenvalue weighted by Gasteiger charge is 2.23. The number of thiazole rings is 1. The van der Waals surface area contributed by atoms with Crippen molar-refractivity contribution in [1.82, 2.24) is 15.2 Å². The first-order chi connectivity index (χ1) is 8.72. The monoisotopic (exact) mass is 269 g/mol. The summed E-state index contributed by atoms with van der Waals surface area (Å²) >= 11 is 1.34. The van der Waals surface area contributed by atoms with Crippen LogP contribution in [-0.4, -0.2) is 48.5 Å².